The van der Waals surface area contributed by atoms with Crippen molar-refractivity contribution in [2.45, 2.75) is 25.8 Å². The summed E-state index contributed by atoms with van der Waals surface area (Å²) >= 11 is 0. The van der Waals surface area contributed by atoms with E-state index in [1.807, 2.05) is 6.07 Å². The Hall–Kier alpha value is -1.52. The Kier molecular flexibility index (Phi) is 3.91. The van der Waals surface area contributed by atoms with Crippen LogP contribution in [0.1, 0.15) is 29.7 Å². The highest BCUT2D eigenvalue weighted by molar-refractivity contribution is 8.93. The Balaban J connectivity index is 0.00000144. The third-order valence-electron chi connectivity index (χ3n) is 4.97. The molecule has 116 valence electrons. The Morgan fingerprint density at radius 1 is 1.14 bits per heavy atom. The minimum Gasteiger partial charge on any atom is -0.504 e. The predicted octanol–water partition coefficient (Wildman–Crippen LogP) is 3.82. The van der Waals surface area contributed by atoms with Crippen LogP contribution >= 0.6 is 17.0 Å². The molecule has 0 fully saturated rings. The van der Waals surface area contributed by atoms with Crippen molar-refractivity contribution in [3.63, 3.8) is 0 Å². The van der Waals surface area contributed by atoms with Crippen molar-refractivity contribution < 1.29 is 10.2 Å². The van der Waals surface area contributed by atoms with E-state index in [0.717, 1.165) is 42.6 Å². The van der Waals surface area contributed by atoms with Crippen LogP contribution in [-0.4, -0.2) is 28.2 Å². The van der Waals surface area contributed by atoms with Crippen molar-refractivity contribution in [1.29, 1.82) is 0 Å². The molecule has 2 aromatic carbocycles. The van der Waals surface area contributed by atoms with Crippen molar-refractivity contribution in [3.8, 4) is 22.6 Å². The van der Waals surface area contributed by atoms with E-state index >= 15 is 0 Å². The lowest BCUT2D eigenvalue weighted by molar-refractivity contribution is 0.192. The average molecular weight is 362 g/mol. The van der Waals surface area contributed by atoms with Gasteiger partial charge in [0, 0.05) is 18.2 Å². The number of hydrogen-bond donors (Lipinski definition) is 2. The quantitative estimate of drug-likeness (QED) is 0.758. The standard InChI is InChI=1S/C18H19NO2.BrH/c1-2-19-9-8-11-4-3-5-13-16(11)14(19)10-12-6-7-15(20)18(21)17(12)13;/h3-7,14,20-21H,2,8-10H2,1H3;1H/t14-;/m1./s1. The van der Waals surface area contributed by atoms with Crippen molar-refractivity contribution in [2.75, 3.05) is 13.1 Å². The van der Waals surface area contributed by atoms with E-state index in [-0.39, 0.29) is 28.5 Å². The number of aromatic hydroxyl groups is 2. The van der Waals surface area contributed by atoms with Gasteiger partial charge in [-0.3, -0.25) is 4.90 Å². The summed E-state index contributed by atoms with van der Waals surface area (Å²) in [6.07, 6.45) is 1.96. The van der Waals surface area contributed by atoms with Crippen LogP contribution in [-0.2, 0) is 12.8 Å². The van der Waals surface area contributed by atoms with Crippen LogP contribution in [0.5, 0.6) is 11.5 Å². The lowest BCUT2D eigenvalue weighted by atomic mass is 9.77. The molecule has 0 spiro atoms. The normalized spacial score (nSPS) is 19.0. The van der Waals surface area contributed by atoms with Crippen LogP contribution in [0.4, 0.5) is 0 Å². The van der Waals surface area contributed by atoms with Gasteiger partial charge in [0.15, 0.2) is 11.5 Å². The molecule has 1 aliphatic carbocycles. The first kappa shape index (κ1) is 15.4. The molecule has 2 N–H and O–H groups in total. The average Bonchev–Trinajstić information content (AvgIpc) is 2.51. The second-order valence-corrected chi connectivity index (χ2v) is 5.94. The third-order valence-corrected chi connectivity index (χ3v) is 4.97. The maximum Gasteiger partial charge on any atom is 0.165 e. The molecule has 4 rings (SSSR count). The number of fused-ring (bicyclic) bond motifs is 2. The maximum atomic E-state index is 10.3. The van der Waals surface area contributed by atoms with Crippen molar-refractivity contribution >= 4 is 17.0 Å². The first-order valence-corrected chi connectivity index (χ1v) is 7.60. The van der Waals surface area contributed by atoms with Gasteiger partial charge in [0.25, 0.3) is 0 Å². The Morgan fingerprint density at radius 3 is 2.73 bits per heavy atom. The molecule has 3 nitrogen and oxygen atoms in total. The molecular formula is C18H20BrNO2. The van der Waals surface area contributed by atoms with Gasteiger partial charge < -0.3 is 10.2 Å². The molecule has 0 saturated carbocycles. The number of phenolic OH excluding ortho intramolecular Hbond substituents is 2. The highest BCUT2D eigenvalue weighted by Crippen LogP contribution is 2.50. The highest BCUT2D eigenvalue weighted by Gasteiger charge is 2.34. The monoisotopic (exact) mass is 361 g/mol. The van der Waals surface area contributed by atoms with Gasteiger partial charge >= 0.3 is 0 Å². The number of likely N-dealkylation sites (N-methyl/N-ethyl adjacent to an activating group) is 1. The molecule has 0 bridgehead atoms. The molecule has 0 aromatic heterocycles. The smallest absolute Gasteiger partial charge is 0.165 e. The van der Waals surface area contributed by atoms with Gasteiger partial charge in [-0.1, -0.05) is 31.2 Å². The lowest BCUT2D eigenvalue weighted by Gasteiger charge is -2.41. The van der Waals surface area contributed by atoms with Gasteiger partial charge in [-0.05, 0) is 47.7 Å². The number of phenols is 2. The Bertz CT molecular complexity index is 729. The second kappa shape index (κ2) is 5.60. The molecule has 1 aliphatic heterocycles. The number of hydrogen-bond acceptors (Lipinski definition) is 3. The molecule has 0 radical (unpaired) electrons. The number of nitrogens with zero attached hydrogens (tertiary/aromatic N) is 1. The van der Waals surface area contributed by atoms with Crippen molar-refractivity contribution in [3.05, 3.63) is 47.0 Å². The summed E-state index contributed by atoms with van der Waals surface area (Å²) in [4.78, 5) is 2.51. The minimum absolute atomic E-state index is 0. The number of halogens is 1. The summed E-state index contributed by atoms with van der Waals surface area (Å²) in [5, 5.41) is 20.2. The predicted molar refractivity (Wildman–Crippen MR) is 92.9 cm³/mol. The van der Waals surface area contributed by atoms with E-state index < -0.39 is 0 Å². The minimum atomic E-state index is -0.0343. The van der Waals surface area contributed by atoms with Gasteiger partial charge in [-0.15, -0.1) is 17.0 Å². The second-order valence-electron chi connectivity index (χ2n) is 5.94. The van der Waals surface area contributed by atoms with E-state index in [1.165, 1.54) is 11.1 Å². The highest BCUT2D eigenvalue weighted by atomic mass is 79.9. The van der Waals surface area contributed by atoms with Gasteiger partial charge in [0.1, 0.15) is 0 Å². The molecule has 1 atom stereocenters. The van der Waals surface area contributed by atoms with Crippen LogP contribution in [0.2, 0.25) is 0 Å². The lowest BCUT2D eigenvalue weighted by Crippen LogP contribution is -2.38. The molecular weight excluding hydrogens is 342 g/mol. The molecule has 4 heteroatoms. The van der Waals surface area contributed by atoms with E-state index in [1.54, 1.807) is 6.07 Å². The molecule has 22 heavy (non-hydrogen) atoms. The van der Waals surface area contributed by atoms with Gasteiger partial charge in [-0.25, -0.2) is 0 Å². The van der Waals surface area contributed by atoms with Crippen LogP contribution in [0, 0.1) is 0 Å². The summed E-state index contributed by atoms with van der Waals surface area (Å²) in [5.41, 5.74) is 5.77. The molecule has 1 heterocycles. The first-order valence-electron chi connectivity index (χ1n) is 7.60. The van der Waals surface area contributed by atoms with Crippen LogP contribution in [0.15, 0.2) is 30.3 Å². The van der Waals surface area contributed by atoms with Crippen LogP contribution in [0.3, 0.4) is 0 Å². The van der Waals surface area contributed by atoms with Crippen LogP contribution in [0.25, 0.3) is 11.1 Å². The molecule has 0 unspecified atom stereocenters. The molecule has 2 aliphatic rings. The van der Waals surface area contributed by atoms with Gasteiger partial charge in [0.05, 0.1) is 0 Å². The zero-order chi connectivity index (χ0) is 14.6. The fourth-order valence-electron chi connectivity index (χ4n) is 3.96. The third kappa shape index (κ3) is 2.05. The zero-order valence-electron chi connectivity index (χ0n) is 12.5. The summed E-state index contributed by atoms with van der Waals surface area (Å²) in [7, 11) is 0. The summed E-state index contributed by atoms with van der Waals surface area (Å²) in [5.74, 6) is -0.0130. The van der Waals surface area contributed by atoms with Crippen molar-refractivity contribution in [1.82, 2.24) is 4.90 Å². The Labute approximate surface area is 141 Å². The largest absolute Gasteiger partial charge is 0.504 e. The molecule has 0 amide bonds. The molecule has 0 saturated heterocycles. The first-order chi connectivity index (χ1) is 10.2. The fraction of sp³-hybridized carbons (Fsp3) is 0.333. The topological polar surface area (TPSA) is 43.7 Å². The van der Waals surface area contributed by atoms with Gasteiger partial charge in [-0.2, -0.15) is 0 Å². The summed E-state index contributed by atoms with van der Waals surface area (Å²) in [6, 6.07) is 10.3. The van der Waals surface area contributed by atoms with Crippen LogP contribution < -0.4 is 0 Å². The van der Waals surface area contributed by atoms with E-state index in [4.69, 9.17) is 0 Å². The summed E-state index contributed by atoms with van der Waals surface area (Å²) < 4.78 is 0. The van der Waals surface area contributed by atoms with E-state index in [9.17, 15) is 10.2 Å². The molecule has 2 aromatic rings. The van der Waals surface area contributed by atoms with Crippen molar-refractivity contribution in [2.24, 2.45) is 0 Å². The maximum absolute atomic E-state index is 10.3. The van der Waals surface area contributed by atoms with E-state index in [0.29, 0.717) is 6.04 Å². The van der Waals surface area contributed by atoms with E-state index in [2.05, 4.69) is 30.0 Å². The zero-order valence-corrected chi connectivity index (χ0v) is 14.3. The Morgan fingerprint density at radius 2 is 1.95 bits per heavy atom. The number of benzene rings is 2. The summed E-state index contributed by atoms with van der Waals surface area (Å²) in [6.45, 7) is 4.34. The number of rotatable bonds is 1. The SMILES string of the molecule is Br.CCN1CCc2cccc3c2[C@H]1Cc1ccc(O)c(O)c1-3. The fourth-order valence-corrected chi connectivity index (χ4v) is 3.96. The van der Waals surface area contributed by atoms with Gasteiger partial charge in [0.2, 0.25) is 0 Å².